The van der Waals surface area contributed by atoms with Gasteiger partial charge in [-0.15, -0.1) is 0 Å². The van der Waals surface area contributed by atoms with Gasteiger partial charge in [0, 0.05) is 16.2 Å². The molecule has 0 atom stereocenters. The summed E-state index contributed by atoms with van der Waals surface area (Å²) < 4.78 is 5.55. The highest BCUT2D eigenvalue weighted by Gasteiger charge is 2.17. The predicted molar refractivity (Wildman–Crippen MR) is 104 cm³/mol. The number of amides is 2. The first-order chi connectivity index (χ1) is 12.2. The number of carbonyl (C=O) groups is 2. The van der Waals surface area contributed by atoms with Crippen molar-refractivity contribution in [3.63, 3.8) is 0 Å². The van der Waals surface area contributed by atoms with Gasteiger partial charge in [0.25, 0.3) is 11.8 Å². The van der Waals surface area contributed by atoms with E-state index in [1.165, 1.54) is 0 Å². The number of ether oxygens (including phenoxy) is 1. The third kappa shape index (κ3) is 5.77. The SMILES string of the molecule is Cc1ccc(NC(=O)c2ccccc2OCC(=O)NC(C)(C)C)cc1Cl. The molecule has 0 aliphatic heterocycles. The molecule has 2 amide bonds. The van der Waals surface area contributed by atoms with Gasteiger partial charge in [-0.2, -0.15) is 0 Å². The number of hydrogen-bond acceptors (Lipinski definition) is 3. The van der Waals surface area contributed by atoms with Crippen molar-refractivity contribution in [1.29, 1.82) is 0 Å². The number of aryl methyl sites for hydroxylation is 1. The molecule has 0 fully saturated rings. The van der Waals surface area contributed by atoms with E-state index in [4.69, 9.17) is 16.3 Å². The van der Waals surface area contributed by atoms with Crippen molar-refractivity contribution in [2.24, 2.45) is 0 Å². The van der Waals surface area contributed by atoms with Crippen LogP contribution in [0.4, 0.5) is 5.69 Å². The lowest BCUT2D eigenvalue weighted by atomic mass is 10.1. The molecule has 26 heavy (non-hydrogen) atoms. The van der Waals surface area contributed by atoms with Gasteiger partial charge in [0.05, 0.1) is 5.56 Å². The van der Waals surface area contributed by atoms with Crippen molar-refractivity contribution in [3.05, 3.63) is 58.6 Å². The molecule has 0 aliphatic carbocycles. The molecule has 0 bridgehead atoms. The molecule has 0 spiro atoms. The first kappa shape index (κ1) is 19.8. The van der Waals surface area contributed by atoms with E-state index in [9.17, 15) is 9.59 Å². The standard InChI is InChI=1S/C20H23ClN2O3/c1-13-9-10-14(11-16(13)21)22-19(25)15-7-5-6-8-17(15)26-12-18(24)23-20(2,3)4/h5-11H,12H2,1-4H3,(H,22,25)(H,23,24). The molecule has 2 aromatic rings. The molecule has 6 heteroatoms. The summed E-state index contributed by atoms with van der Waals surface area (Å²) in [4.78, 5) is 24.5. The molecule has 0 aliphatic rings. The Hall–Kier alpha value is -2.53. The highest BCUT2D eigenvalue weighted by atomic mass is 35.5. The second-order valence-electron chi connectivity index (χ2n) is 7.00. The van der Waals surface area contributed by atoms with Crippen LogP contribution in [0.25, 0.3) is 0 Å². The highest BCUT2D eigenvalue weighted by molar-refractivity contribution is 6.31. The van der Waals surface area contributed by atoms with Crippen LogP contribution >= 0.6 is 11.6 Å². The average Bonchev–Trinajstić information content (AvgIpc) is 2.55. The molecule has 5 nitrogen and oxygen atoms in total. The first-order valence-corrected chi connectivity index (χ1v) is 8.64. The smallest absolute Gasteiger partial charge is 0.259 e. The predicted octanol–water partition coefficient (Wildman–Crippen LogP) is 4.19. The van der Waals surface area contributed by atoms with Crippen molar-refractivity contribution < 1.29 is 14.3 Å². The number of anilines is 1. The van der Waals surface area contributed by atoms with Crippen molar-refractivity contribution in [1.82, 2.24) is 5.32 Å². The van der Waals surface area contributed by atoms with Crippen LogP contribution in [0.2, 0.25) is 5.02 Å². The van der Waals surface area contributed by atoms with Gasteiger partial charge >= 0.3 is 0 Å². The van der Waals surface area contributed by atoms with E-state index >= 15 is 0 Å². The van der Waals surface area contributed by atoms with E-state index in [1.807, 2.05) is 33.8 Å². The third-order valence-electron chi connectivity index (χ3n) is 3.43. The summed E-state index contributed by atoms with van der Waals surface area (Å²) in [6.07, 6.45) is 0. The molecule has 0 saturated heterocycles. The molecule has 0 unspecified atom stereocenters. The lowest BCUT2D eigenvalue weighted by Crippen LogP contribution is -2.43. The topological polar surface area (TPSA) is 67.4 Å². The molecule has 2 N–H and O–H groups in total. The van der Waals surface area contributed by atoms with Crippen LogP contribution in [0.1, 0.15) is 36.7 Å². The van der Waals surface area contributed by atoms with Crippen molar-refractivity contribution >= 4 is 29.1 Å². The average molecular weight is 375 g/mol. The minimum atomic E-state index is -0.345. The minimum Gasteiger partial charge on any atom is -0.483 e. The van der Waals surface area contributed by atoms with Crippen molar-refractivity contribution in [2.45, 2.75) is 33.2 Å². The van der Waals surface area contributed by atoms with Gasteiger partial charge < -0.3 is 15.4 Å². The van der Waals surface area contributed by atoms with Crippen molar-refractivity contribution in [3.8, 4) is 5.75 Å². The van der Waals surface area contributed by atoms with Crippen LogP contribution in [-0.2, 0) is 4.79 Å². The number of rotatable bonds is 5. The zero-order valence-electron chi connectivity index (χ0n) is 15.4. The Balaban J connectivity index is 2.08. The van der Waals surface area contributed by atoms with E-state index in [1.54, 1.807) is 36.4 Å². The minimum absolute atomic E-state index is 0.169. The van der Waals surface area contributed by atoms with Crippen LogP contribution in [0.3, 0.4) is 0 Å². The molecule has 138 valence electrons. The molecule has 0 saturated carbocycles. The summed E-state index contributed by atoms with van der Waals surface area (Å²) in [5.41, 5.74) is 1.51. The van der Waals surface area contributed by atoms with Crippen LogP contribution in [0, 0.1) is 6.92 Å². The number of carbonyl (C=O) groups excluding carboxylic acids is 2. The monoisotopic (exact) mass is 374 g/mol. The summed E-state index contributed by atoms with van der Waals surface area (Å²) in [6.45, 7) is 7.38. The van der Waals surface area contributed by atoms with E-state index in [2.05, 4.69) is 10.6 Å². The Morgan fingerprint density at radius 1 is 1.12 bits per heavy atom. The number of halogens is 1. The zero-order valence-corrected chi connectivity index (χ0v) is 16.1. The lowest BCUT2D eigenvalue weighted by molar-refractivity contribution is -0.124. The molecule has 0 aromatic heterocycles. The molecular formula is C20H23ClN2O3. The van der Waals surface area contributed by atoms with Gasteiger partial charge in [-0.05, 0) is 57.5 Å². The van der Waals surface area contributed by atoms with Gasteiger partial charge in [-0.1, -0.05) is 29.8 Å². The number of nitrogens with one attached hydrogen (secondary N) is 2. The van der Waals surface area contributed by atoms with Gasteiger partial charge in [-0.3, -0.25) is 9.59 Å². The van der Waals surface area contributed by atoms with Gasteiger partial charge in [0.2, 0.25) is 0 Å². The largest absolute Gasteiger partial charge is 0.483 e. The first-order valence-electron chi connectivity index (χ1n) is 8.26. The fourth-order valence-corrected chi connectivity index (χ4v) is 2.43. The van der Waals surface area contributed by atoms with E-state index in [0.29, 0.717) is 22.0 Å². The fourth-order valence-electron chi connectivity index (χ4n) is 2.25. The fraction of sp³-hybridized carbons (Fsp3) is 0.300. The highest BCUT2D eigenvalue weighted by Crippen LogP contribution is 2.23. The molecule has 2 rings (SSSR count). The van der Waals surface area contributed by atoms with Gasteiger partial charge in [-0.25, -0.2) is 0 Å². The van der Waals surface area contributed by atoms with E-state index in [0.717, 1.165) is 5.56 Å². The Morgan fingerprint density at radius 2 is 1.81 bits per heavy atom. The van der Waals surface area contributed by atoms with Crippen molar-refractivity contribution in [2.75, 3.05) is 11.9 Å². The number of benzene rings is 2. The maximum absolute atomic E-state index is 12.6. The molecule has 2 aromatic carbocycles. The van der Waals surface area contributed by atoms with Crippen LogP contribution in [-0.4, -0.2) is 24.0 Å². The lowest BCUT2D eigenvalue weighted by Gasteiger charge is -2.20. The Kier molecular flexibility index (Phi) is 6.27. The Labute approximate surface area is 158 Å². The number of para-hydroxylation sites is 1. The Bertz CT molecular complexity index is 813. The van der Waals surface area contributed by atoms with Gasteiger partial charge in [0.1, 0.15) is 5.75 Å². The summed E-state index contributed by atoms with van der Waals surface area (Å²) in [7, 11) is 0. The second kappa shape index (κ2) is 8.23. The number of hydrogen-bond donors (Lipinski definition) is 2. The van der Waals surface area contributed by atoms with Crippen LogP contribution < -0.4 is 15.4 Å². The summed E-state index contributed by atoms with van der Waals surface area (Å²) in [5.74, 6) is -0.248. The van der Waals surface area contributed by atoms with Gasteiger partial charge in [0.15, 0.2) is 6.61 Å². The maximum Gasteiger partial charge on any atom is 0.259 e. The maximum atomic E-state index is 12.6. The molecule has 0 heterocycles. The summed E-state index contributed by atoms with van der Waals surface area (Å²) >= 11 is 6.09. The Morgan fingerprint density at radius 3 is 2.46 bits per heavy atom. The second-order valence-corrected chi connectivity index (χ2v) is 7.41. The van der Waals surface area contributed by atoms with E-state index < -0.39 is 0 Å². The molecule has 0 radical (unpaired) electrons. The normalized spacial score (nSPS) is 11.0. The summed E-state index contributed by atoms with van der Waals surface area (Å²) in [5, 5.41) is 6.17. The van der Waals surface area contributed by atoms with E-state index in [-0.39, 0.29) is 24.0 Å². The van der Waals surface area contributed by atoms with Crippen LogP contribution in [0.15, 0.2) is 42.5 Å². The van der Waals surface area contributed by atoms with Crippen LogP contribution in [0.5, 0.6) is 5.75 Å². The third-order valence-corrected chi connectivity index (χ3v) is 3.84. The zero-order chi connectivity index (χ0) is 19.3. The quantitative estimate of drug-likeness (QED) is 0.824. The summed E-state index contributed by atoms with van der Waals surface area (Å²) in [6, 6.07) is 12.1. The molecular weight excluding hydrogens is 352 g/mol.